The van der Waals surface area contributed by atoms with Crippen LogP contribution >= 0.6 is 0 Å². The maximum absolute atomic E-state index is 5.57. The van der Waals surface area contributed by atoms with Crippen molar-refractivity contribution in [3.63, 3.8) is 0 Å². The van der Waals surface area contributed by atoms with Crippen molar-refractivity contribution in [1.29, 1.82) is 0 Å². The quantitative estimate of drug-likeness (QED) is 0.670. The van der Waals surface area contributed by atoms with Crippen molar-refractivity contribution in [2.24, 2.45) is 5.73 Å². The second-order valence-corrected chi connectivity index (χ2v) is 4.00. The predicted octanol–water partition coefficient (Wildman–Crippen LogP) is 1.00. The van der Waals surface area contributed by atoms with E-state index in [-0.39, 0.29) is 6.10 Å². The highest BCUT2D eigenvalue weighted by Gasteiger charge is 2.12. The van der Waals surface area contributed by atoms with Gasteiger partial charge in [0.2, 0.25) is 0 Å². The maximum Gasteiger partial charge on any atom is 0.0705 e. The van der Waals surface area contributed by atoms with Gasteiger partial charge in [0.1, 0.15) is 0 Å². The molecule has 0 fully saturated rings. The summed E-state index contributed by atoms with van der Waals surface area (Å²) in [6.45, 7) is 6.21. The van der Waals surface area contributed by atoms with Gasteiger partial charge in [0.15, 0.2) is 0 Å². The highest BCUT2D eigenvalue weighted by molar-refractivity contribution is 5.04. The van der Waals surface area contributed by atoms with Crippen LogP contribution in [-0.2, 0) is 4.74 Å². The van der Waals surface area contributed by atoms with Crippen molar-refractivity contribution in [1.82, 2.24) is 4.90 Å². The van der Waals surface area contributed by atoms with Crippen LogP contribution in [0.25, 0.3) is 0 Å². The largest absolute Gasteiger partial charge is 0.380 e. The molecule has 0 aromatic rings. The minimum Gasteiger partial charge on any atom is -0.380 e. The standard InChI is InChI=1S/C11H22N2O/c1-10-4-3-6-13(9-10)7-5-11(8-12)14-2/h4,11H,3,5-9,12H2,1-2H3. The van der Waals surface area contributed by atoms with E-state index < -0.39 is 0 Å². The molecule has 0 bridgehead atoms. The molecule has 1 heterocycles. The number of nitrogens with zero attached hydrogens (tertiary/aromatic N) is 1. The van der Waals surface area contributed by atoms with E-state index in [1.54, 1.807) is 7.11 Å². The molecule has 0 aliphatic carbocycles. The molecule has 0 saturated carbocycles. The van der Waals surface area contributed by atoms with Crippen molar-refractivity contribution in [2.75, 3.05) is 33.3 Å². The van der Waals surface area contributed by atoms with Crippen molar-refractivity contribution in [3.8, 4) is 0 Å². The summed E-state index contributed by atoms with van der Waals surface area (Å²) in [7, 11) is 1.74. The second-order valence-electron chi connectivity index (χ2n) is 4.00. The van der Waals surface area contributed by atoms with Crippen molar-refractivity contribution < 1.29 is 4.74 Å². The molecule has 1 unspecified atom stereocenters. The van der Waals surface area contributed by atoms with Gasteiger partial charge in [-0.3, -0.25) is 4.90 Å². The van der Waals surface area contributed by atoms with Crippen LogP contribution in [0.1, 0.15) is 19.8 Å². The molecule has 1 aliphatic rings. The highest BCUT2D eigenvalue weighted by Crippen LogP contribution is 2.09. The van der Waals surface area contributed by atoms with E-state index in [0.717, 1.165) is 19.5 Å². The van der Waals surface area contributed by atoms with Crippen LogP contribution in [0.5, 0.6) is 0 Å². The molecule has 0 radical (unpaired) electrons. The second kappa shape index (κ2) is 6.17. The third-order valence-electron chi connectivity index (χ3n) is 2.77. The molecule has 0 spiro atoms. The molecule has 1 rings (SSSR count). The Labute approximate surface area is 86.9 Å². The fourth-order valence-corrected chi connectivity index (χ4v) is 1.84. The monoisotopic (exact) mass is 198 g/mol. The van der Waals surface area contributed by atoms with Crippen LogP contribution in [0.2, 0.25) is 0 Å². The van der Waals surface area contributed by atoms with Crippen LogP contribution < -0.4 is 5.73 Å². The Morgan fingerprint density at radius 1 is 1.64 bits per heavy atom. The average Bonchev–Trinajstić information content (AvgIpc) is 2.19. The molecule has 3 heteroatoms. The fourth-order valence-electron chi connectivity index (χ4n) is 1.84. The van der Waals surface area contributed by atoms with E-state index in [2.05, 4.69) is 17.9 Å². The third-order valence-corrected chi connectivity index (χ3v) is 2.77. The molecule has 1 atom stereocenters. The molecular weight excluding hydrogens is 176 g/mol. The summed E-state index contributed by atoms with van der Waals surface area (Å²) >= 11 is 0. The molecule has 0 aromatic carbocycles. The Morgan fingerprint density at radius 3 is 3.00 bits per heavy atom. The molecular formula is C11H22N2O. The molecule has 0 amide bonds. The van der Waals surface area contributed by atoms with E-state index in [1.165, 1.54) is 18.5 Å². The van der Waals surface area contributed by atoms with Gasteiger partial charge in [-0.15, -0.1) is 0 Å². The normalized spacial score (nSPS) is 20.6. The smallest absolute Gasteiger partial charge is 0.0705 e. The first-order valence-electron chi connectivity index (χ1n) is 5.37. The van der Waals surface area contributed by atoms with Gasteiger partial charge in [0, 0.05) is 33.3 Å². The van der Waals surface area contributed by atoms with E-state index in [4.69, 9.17) is 10.5 Å². The van der Waals surface area contributed by atoms with Crippen molar-refractivity contribution >= 4 is 0 Å². The first-order valence-corrected chi connectivity index (χ1v) is 5.37. The lowest BCUT2D eigenvalue weighted by Gasteiger charge is -2.27. The van der Waals surface area contributed by atoms with Crippen LogP contribution in [0.4, 0.5) is 0 Å². The molecule has 82 valence electrons. The zero-order chi connectivity index (χ0) is 10.4. The molecule has 0 saturated heterocycles. The molecule has 14 heavy (non-hydrogen) atoms. The highest BCUT2D eigenvalue weighted by atomic mass is 16.5. The number of ether oxygens (including phenoxy) is 1. The van der Waals surface area contributed by atoms with E-state index in [0.29, 0.717) is 6.54 Å². The minimum absolute atomic E-state index is 0.223. The van der Waals surface area contributed by atoms with Gasteiger partial charge >= 0.3 is 0 Å². The van der Waals surface area contributed by atoms with Crippen molar-refractivity contribution in [2.45, 2.75) is 25.9 Å². The SMILES string of the molecule is COC(CN)CCN1CCC=C(C)C1. The van der Waals surface area contributed by atoms with E-state index >= 15 is 0 Å². The summed E-state index contributed by atoms with van der Waals surface area (Å²) in [4.78, 5) is 2.47. The number of hydrogen-bond acceptors (Lipinski definition) is 3. The lowest BCUT2D eigenvalue weighted by Crippen LogP contribution is -2.34. The summed E-state index contributed by atoms with van der Waals surface area (Å²) in [5.41, 5.74) is 7.06. The lowest BCUT2D eigenvalue weighted by molar-refractivity contribution is 0.0902. The molecule has 1 aliphatic heterocycles. The summed E-state index contributed by atoms with van der Waals surface area (Å²) in [6.07, 6.45) is 4.78. The van der Waals surface area contributed by atoms with Gasteiger partial charge in [-0.05, 0) is 19.8 Å². The first kappa shape index (κ1) is 11.7. The number of rotatable bonds is 5. The molecule has 0 aromatic heterocycles. The Balaban J connectivity index is 2.21. The van der Waals surface area contributed by atoms with Gasteiger partial charge in [-0.1, -0.05) is 11.6 Å². The van der Waals surface area contributed by atoms with Gasteiger partial charge in [-0.2, -0.15) is 0 Å². The van der Waals surface area contributed by atoms with Crippen LogP contribution in [-0.4, -0.2) is 44.3 Å². The van der Waals surface area contributed by atoms with Gasteiger partial charge in [-0.25, -0.2) is 0 Å². The van der Waals surface area contributed by atoms with Gasteiger partial charge < -0.3 is 10.5 Å². The van der Waals surface area contributed by atoms with Gasteiger partial charge in [0.25, 0.3) is 0 Å². The zero-order valence-electron chi connectivity index (χ0n) is 9.33. The van der Waals surface area contributed by atoms with E-state index in [9.17, 15) is 0 Å². The zero-order valence-corrected chi connectivity index (χ0v) is 9.33. The van der Waals surface area contributed by atoms with E-state index in [1.807, 2.05) is 0 Å². The first-order chi connectivity index (χ1) is 6.76. The minimum atomic E-state index is 0.223. The van der Waals surface area contributed by atoms with Crippen LogP contribution in [0.15, 0.2) is 11.6 Å². The summed E-state index contributed by atoms with van der Waals surface area (Å²) in [5.74, 6) is 0. The Kier molecular flexibility index (Phi) is 5.15. The number of nitrogens with two attached hydrogens (primary N) is 1. The summed E-state index contributed by atoms with van der Waals surface area (Å²) in [5, 5.41) is 0. The van der Waals surface area contributed by atoms with Crippen molar-refractivity contribution in [3.05, 3.63) is 11.6 Å². The van der Waals surface area contributed by atoms with Crippen LogP contribution in [0.3, 0.4) is 0 Å². The third kappa shape index (κ3) is 3.78. The lowest BCUT2D eigenvalue weighted by atomic mass is 10.1. The maximum atomic E-state index is 5.57. The summed E-state index contributed by atoms with van der Waals surface area (Å²) < 4.78 is 5.25. The van der Waals surface area contributed by atoms with Gasteiger partial charge in [0.05, 0.1) is 6.10 Å². The predicted molar refractivity (Wildman–Crippen MR) is 59.3 cm³/mol. The summed E-state index contributed by atoms with van der Waals surface area (Å²) in [6, 6.07) is 0. The Hall–Kier alpha value is -0.380. The number of hydrogen-bond donors (Lipinski definition) is 1. The molecule has 2 N–H and O–H groups in total. The Bertz CT molecular complexity index is 188. The average molecular weight is 198 g/mol. The fraction of sp³-hybridized carbons (Fsp3) is 0.818. The number of methoxy groups -OCH3 is 1. The topological polar surface area (TPSA) is 38.5 Å². The van der Waals surface area contributed by atoms with Crippen LogP contribution in [0, 0.1) is 0 Å². The Morgan fingerprint density at radius 2 is 2.43 bits per heavy atom. The molecule has 3 nitrogen and oxygen atoms in total.